The van der Waals surface area contributed by atoms with E-state index < -0.39 is 50.7 Å². The predicted molar refractivity (Wildman–Crippen MR) is 143 cm³/mol. The van der Waals surface area contributed by atoms with E-state index in [1.807, 2.05) is 12.1 Å². The average Bonchev–Trinajstić information content (AvgIpc) is 2.93. The summed E-state index contributed by atoms with van der Waals surface area (Å²) in [5.74, 6) is -0.380. The molecule has 0 aliphatic carbocycles. The number of carbonyl (C=O) groups excluding carboxylic acids is 2. The van der Waals surface area contributed by atoms with Crippen LogP contribution < -0.4 is 4.90 Å². The van der Waals surface area contributed by atoms with Crippen molar-refractivity contribution in [1.82, 2.24) is 9.80 Å². The van der Waals surface area contributed by atoms with Crippen LogP contribution in [0, 0.1) is 28.6 Å². The van der Waals surface area contributed by atoms with E-state index in [0.29, 0.717) is 11.0 Å². The second-order valence-corrected chi connectivity index (χ2v) is 12.2. The van der Waals surface area contributed by atoms with Gasteiger partial charge in [-0.25, -0.2) is 22.9 Å². The second kappa shape index (κ2) is 11.1. The zero-order chi connectivity index (χ0) is 31.1. The van der Waals surface area contributed by atoms with E-state index in [-0.39, 0.29) is 53.5 Å². The molecule has 4 amide bonds. The number of hydrogen-bond donors (Lipinski definition) is 1. The summed E-state index contributed by atoms with van der Waals surface area (Å²) in [7, 11) is -4.08. The van der Waals surface area contributed by atoms with Gasteiger partial charge in [0.05, 0.1) is 45.5 Å². The molecule has 0 aromatic heterocycles. The van der Waals surface area contributed by atoms with Gasteiger partial charge in [0.15, 0.2) is 9.84 Å². The Kier molecular flexibility index (Phi) is 8.09. The van der Waals surface area contributed by atoms with Crippen LogP contribution in [-0.2, 0) is 16.0 Å². The summed E-state index contributed by atoms with van der Waals surface area (Å²) in [4.78, 5) is 30.6. The Labute approximate surface area is 240 Å². The summed E-state index contributed by atoms with van der Waals surface area (Å²) in [5.41, 5.74) is -1.86. The maximum atomic E-state index is 14.2. The lowest BCUT2D eigenvalue weighted by atomic mass is 9.92. The monoisotopic (exact) mass is 601 g/mol. The third kappa shape index (κ3) is 5.55. The molecule has 14 heteroatoms. The van der Waals surface area contributed by atoms with Crippen LogP contribution in [0.5, 0.6) is 0 Å². The van der Waals surface area contributed by atoms with Crippen molar-refractivity contribution >= 4 is 27.6 Å². The number of rotatable bonds is 3. The van der Waals surface area contributed by atoms with Crippen molar-refractivity contribution < 1.29 is 36.3 Å². The van der Waals surface area contributed by atoms with Gasteiger partial charge in [-0.3, -0.25) is 4.90 Å². The number of nitriles is 2. The van der Waals surface area contributed by atoms with Gasteiger partial charge in [-0.05, 0) is 55.2 Å². The average molecular weight is 602 g/mol. The third-order valence-corrected chi connectivity index (χ3v) is 8.53. The van der Waals surface area contributed by atoms with Crippen LogP contribution >= 0.6 is 0 Å². The SMILES string of the molecule is CC1=C(C#N)[C@@H](c2ccc(C#N)cc2S(C)(=O)=O)N(C(=O)N2CCC(O)C(C)C2)C(=O)N1c1cccc(C(F)(F)F)c1. The molecule has 1 saturated heterocycles. The maximum absolute atomic E-state index is 14.2. The number of alkyl halides is 3. The molecular weight excluding hydrogens is 575 g/mol. The fraction of sp³-hybridized carbons (Fsp3) is 0.357. The van der Waals surface area contributed by atoms with Gasteiger partial charge in [0.1, 0.15) is 6.04 Å². The first-order chi connectivity index (χ1) is 19.6. The quantitative estimate of drug-likeness (QED) is 0.542. The lowest BCUT2D eigenvalue weighted by Crippen LogP contribution is -2.58. The van der Waals surface area contributed by atoms with Gasteiger partial charge in [0.2, 0.25) is 0 Å². The van der Waals surface area contributed by atoms with Crippen molar-refractivity contribution in [2.45, 2.75) is 43.5 Å². The number of aliphatic hydroxyl groups excluding tert-OH is 1. The fourth-order valence-corrected chi connectivity index (χ4v) is 6.12. The Morgan fingerprint density at radius 3 is 2.38 bits per heavy atom. The first kappa shape index (κ1) is 30.6. The molecule has 0 spiro atoms. The van der Waals surface area contributed by atoms with E-state index in [1.165, 1.54) is 30.0 Å². The molecule has 2 aliphatic rings. The van der Waals surface area contributed by atoms with Crippen molar-refractivity contribution in [1.29, 1.82) is 10.5 Å². The van der Waals surface area contributed by atoms with Crippen LogP contribution in [0.1, 0.15) is 43.0 Å². The molecule has 1 N–H and O–H groups in total. The van der Waals surface area contributed by atoms with Gasteiger partial charge in [0.25, 0.3) is 0 Å². The van der Waals surface area contributed by atoms with Gasteiger partial charge in [-0.15, -0.1) is 0 Å². The highest BCUT2D eigenvalue weighted by atomic mass is 32.2. The highest BCUT2D eigenvalue weighted by Gasteiger charge is 2.47. The number of amides is 4. The van der Waals surface area contributed by atoms with Crippen LogP contribution in [-0.4, -0.2) is 60.8 Å². The summed E-state index contributed by atoms with van der Waals surface area (Å²) < 4.78 is 66.3. The number of urea groups is 2. The van der Waals surface area contributed by atoms with Crippen LogP contribution in [0.25, 0.3) is 0 Å². The molecule has 0 bridgehead atoms. The first-order valence-electron chi connectivity index (χ1n) is 12.7. The van der Waals surface area contributed by atoms with E-state index >= 15 is 0 Å². The normalized spacial score (nSPS) is 21.7. The molecule has 2 aromatic rings. The maximum Gasteiger partial charge on any atom is 0.416 e. The van der Waals surface area contributed by atoms with Gasteiger partial charge >= 0.3 is 18.2 Å². The lowest BCUT2D eigenvalue weighted by Gasteiger charge is -2.44. The minimum Gasteiger partial charge on any atom is -0.393 e. The molecule has 2 aromatic carbocycles. The van der Waals surface area contributed by atoms with Gasteiger partial charge in [0, 0.05) is 25.0 Å². The second-order valence-electron chi connectivity index (χ2n) is 10.2. The van der Waals surface area contributed by atoms with E-state index in [0.717, 1.165) is 29.4 Å². The van der Waals surface area contributed by atoms with Crippen molar-refractivity contribution in [2.75, 3.05) is 24.2 Å². The highest BCUT2D eigenvalue weighted by Crippen LogP contribution is 2.43. The molecule has 0 saturated carbocycles. The standard InChI is InChI=1S/C28H26F3N5O5S/c1-16-15-34(10-9-23(16)37)26(38)36-25(21-8-7-18(13-32)11-24(21)42(3,40)41)22(14-33)17(2)35(27(36)39)20-6-4-5-19(12-20)28(29,30)31/h4-8,11-12,16,23,25,37H,9-10,15H2,1-3H3/t16?,23?,25-/m1/s1. The molecule has 10 nitrogen and oxygen atoms in total. The van der Waals surface area contributed by atoms with Crippen molar-refractivity contribution in [3.8, 4) is 12.1 Å². The number of benzene rings is 2. The number of imide groups is 1. The summed E-state index contributed by atoms with van der Waals surface area (Å²) in [6, 6.07) is 7.55. The number of piperidine rings is 1. The largest absolute Gasteiger partial charge is 0.416 e. The number of hydrogen-bond acceptors (Lipinski definition) is 7. The lowest BCUT2D eigenvalue weighted by molar-refractivity contribution is -0.137. The number of nitrogens with zero attached hydrogens (tertiary/aromatic N) is 5. The number of anilines is 1. The number of carbonyl (C=O) groups is 2. The van der Waals surface area contributed by atoms with Crippen molar-refractivity contribution in [3.05, 3.63) is 70.4 Å². The molecule has 1 fully saturated rings. The molecule has 2 heterocycles. The Morgan fingerprint density at radius 1 is 1.12 bits per heavy atom. The van der Waals surface area contributed by atoms with Gasteiger partial charge in [-0.1, -0.05) is 19.1 Å². The summed E-state index contributed by atoms with van der Waals surface area (Å²) in [6.07, 6.45) is -4.41. The number of sulfone groups is 1. The summed E-state index contributed by atoms with van der Waals surface area (Å²) in [5, 5.41) is 29.8. The number of aliphatic hydroxyl groups is 1. The van der Waals surface area contributed by atoms with E-state index in [1.54, 1.807) is 6.92 Å². The molecule has 2 unspecified atom stereocenters. The number of likely N-dealkylation sites (tertiary alicyclic amines) is 1. The van der Waals surface area contributed by atoms with E-state index in [2.05, 4.69) is 0 Å². The number of halogens is 3. The van der Waals surface area contributed by atoms with Gasteiger partial charge in [-0.2, -0.15) is 23.7 Å². The summed E-state index contributed by atoms with van der Waals surface area (Å²) in [6.45, 7) is 3.06. The minimum atomic E-state index is -4.75. The topological polar surface area (TPSA) is 146 Å². The first-order valence-corrected chi connectivity index (χ1v) is 14.6. The Bertz CT molecular complexity index is 1680. The molecule has 0 radical (unpaired) electrons. The Morgan fingerprint density at radius 2 is 1.81 bits per heavy atom. The van der Waals surface area contributed by atoms with Crippen LogP contribution in [0.3, 0.4) is 0 Å². The van der Waals surface area contributed by atoms with Crippen LogP contribution in [0.4, 0.5) is 28.4 Å². The van der Waals surface area contributed by atoms with E-state index in [4.69, 9.17) is 0 Å². The molecular formula is C28H26F3N5O5S. The molecule has 3 atom stereocenters. The highest BCUT2D eigenvalue weighted by molar-refractivity contribution is 7.90. The molecule has 4 rings (SSSR count). The predicted octanol–water partition coefficient (Wildman–Crippen LogP) is 4.58. The summed E-state index contributed by atoms with van der Waals surface area (Å²) >= 11 is 0. The van der Waals surface area contributed by atoms with Crippen molar-refractivity contribution in [3.63, 3.8) is 0 Å². The fourth-order valence-electron chi connectivity index (χ4n) is 5.17. The zero-order valence-corrected chi connectivity index (χ0v) is 23.6. The third-order valence-electron chi connectivity index (χ3n) is 7.38. The smallest absolute Gasteiger partial charge is 0.393 e. The Hall–Kier alpha value is -4.40. The van der Waals surface area contributed by atoms with Gasteiger partial charge < -0.3 is 10.0 Å². The zero-order valence-electron chi connectivity index (χ0n) is 22.8. The molecule has 42 heavy (non-hydrogen) atoms. The van der Waals surface area contributed by atoms with Crippen molar-refractivity contribution in [2.24, 2.45) is 5.92 Å². The molecule has 2 aliphatic heterocycles. The minimum absolute atomic E-state index is 0.0247. The Balaban J connectivity index is 2.00. The van der Waals surface area contributed by atoms with E-state index in [9.17, 15) is 46.8 Å². The van der Waals surface area contributed by atoms with Crippen LogP contribution in [0.15, 0.2) is 58.6 Å². The van der Waals surface area contributed by atoms with Crippen LogP contribution in [0.2, 0.25) is 0 Å². The number of allylic oxidation sites excluding steroid dienone is 1. The molecule has 220 valence electrons.